The van der Waals surface area contributed by atoms with E-state index in [4.69, 9.17) is 17.3 Å². The number of carbonyl (C=O) groups is 1. The highest BCUT2D eigenvalue weighted by atomic mass is 35.5. The van der Waals surface area contributed by atoms with Crippen LogP contribution in [0.15, 0.2) is 30.3 Å². The Morgan fingerprint density at radius 2 is 1.86 bits per heavy atom. The van der Waals surface area contributed by atoms with E-state index in [1.165, 1.54) is 0 Å². The van der Waals surface area contributed by atoms with Gasteiger partial charge in [0.2, 0.25) is 0 Å². The zero-order valence-corrected chi connectivity index (χ0v) is 12.2. The summed E-state index contributed by atoms with van der Waals surface area (Å²) in [4.78, 5) is 16.3. The Kier molecular flexibility index (Phi) is 3.70. The van der Waals surface area contributed by atoms with E-state index in [0.717, 1.165) is 23.8 Å². The second-order valence-electron chi connectivity index (χ2n) is 4.96. The first-order valence-corrected chi connectivity index (χ1v) is 7.12. The normalized spacial score (nSPS) is 15.3. The topological polar surface area (TPSA) is 78.3 Å². The molecule has 2 aromatic rings. The van der Waals surface area contributed by atoms with Crippen LogP contribution in [0.5, 0.6) is 0 Å². The summed E-state index contributed by atoms with van der Waals surface area (Å²) in [6.07, 6.45) is 0. The number of piperazine rings is 1. The van der Waals surface area contributed by atoms with Crippen LogP contribution in [0.2, 0.25) is 5.02 Å². The molecule has 3 rings (SSSR count). The third-order valence-electron chi connectivity index (χ3n) is 3.59. The number of carbonyl (C=O) groups excluding carboxylic acids is 1. The Labute approximate surface area is 127 Å². The van der Waals surface area contributed by atoms with Gasteiger partial charge in [-0.05, 0) is 24.3 Å². The minimum atomic E-state index is -0.0602. The Morgan fingerprint density at radius 3 is 2.43 bits per heavy atom. The highest BCUT2D eigenvalue weighted by molar-refractivity contribution is 6.30. The fourth-order valence-electron chi connectivity index (χ4n) is 2.44. The Balaban J connectivity index is 1.62. The smallest absolute Gasteiger partial charge is 0.272 e. The lowest BCUT2D eigenvalue weighted by atomic mass is 10.2. The molecule has 1 amide bonds. The predicted octanol–water partition coefficient (Wildman–Crippen LogP) is 1.61. The number of nitrogens with two attached hydrogens (primary N) is 1. The number of benzene rings is 1. The Bertz CT molecular complexity index is 631. The third kappa shape index (κ3) is 2.95. The number of aromatic nitrogens is 2. The number of aromatic amines is 1. The fourth-order valence-corrected chi connectivity index (χ4v) is 2.56. The maximum absolute atomic E-state index is 12.3. The molecule has 1 aliphatic heterocycles. The second kappa shape index (κ2) is 5.65. The highest BCUT2D eigenvalue weighted by Crippen LogP contribution is 2.20. The number of nitrogens with one attached hydrogen (secondary N) is 1. The van der Waals surface area contributed by atoms with Crippen molar-refractivity contribution in [3.05, 3.63) is 41.0 Å². The van der Waals surface area contributed by atoms with Gasteiger partial charge in [-0.1, -0.05) is 11.6 Å². The number of anilines is 2. The van der Waals surface area contributed by atoms with Gasteiger partial charge in [-0.25, -0.2) is 0 Å². The maximum Gasteiger partial charge on any atom is 0.272 e. The summed E-state index contributed by atoms with van der Waals surface area (Å²) in [7, 11) is 0. The van der Waals surface area contributed by atoms with E-state index < -0.39 is 0 Å². The number of nitrogens with zero attached hydrogens (tertiary/aromatic N) is 3. The summed E-state index contributed by atoms with van der Waals surface area (Å²) in [6, 6.07) is 9.31. The van der Waals surface area contributed by atoms with Crippen LogP contribution in [0.25, 0.3) is 0 Å². The summed E-state index contributed by atoms with van der Waals surface area (Å²) in [5, 5.41) is 7.17. The third-order valence-corrected chi connectivity index (χ3v) is 3.84. The van der Waals surface area contributed by atoms with Gasteiger partial charge in [0.25, 0.3) is 5.91 Å². The van der Waals surface area contributed by atoms with Crippen molar-refractivity contribution in [2.24, 2.45) is 0 Å². The molecule has 1 aromatic heterocycles. The molecule has 1 fully saturated rings. The molecule has 0 atom stereocenters. The Hall–Kier alpha value is -2.21. The lowest BCUT2D eigenvalue weighted by Gasteiger charge is -2.35. The molecule has 0 unspecified atom stereocenters. The van der Waals surface area contributed by atoms with Crippen molar-refractivity contribution in [3.63, 3.8) is 0 Å². The number of halogens is 1. The minimum Gasteiger partial charge on any atom is -0.382 e. The lowest BCUT2D eigenvalue weighted by Crippen LogP contribution is -2.48. The van der Waals surface area contributed by atoms with Crippen LogP contribution in [0.1, 0.15) is 10.5 Å². The highest BCUT2D eigenvalue weighted by Gasteiger charge is 2.23. The van der Waals surface area contributed by atoms with Gasteiger partial charge in [0.1, 0.15) is 11.5 Å². The van der Waals surface area contributed by atoms with Crippen molar-refractivity contribution < 1.29 is 4.79 Å². The molecule has 0 radical (unpaired) electrons. The number of nitrogen functional groups attached to an aromatic ring is 1. The molecule has 110 valence electrons. The molecule has 1 aliphatic rings. The summed E-state index contributed by atoms with van der Waals surface area (Å²) < 4.78 is 0. The van der Waals surface area contributed by atoms with Crippen molar-refractivity contribution in [1.29, 1.82) is 0 Å². The molecule has 1 saturated heterocycles. The predicted molar refractivity (Wildman–Crippen MR) is 82.6 cm³/mol. The second-order valence-corrected chi connectivity index (χ2v) is 5.40. The molecule has 2 heterocycles. The van der Waals surface area contributed by atoms with Gasteiger partial charge in [-0.3, -0.25) is 9.89 Å². The van der Waals surface area contributed by atoms with Gasteiger partial charge in [0.15, 0.2) is 0 Å². The molecule has 7 heteroatoms. The van der Waals surface area contributed by atoms with Crippen LogP contribution >= 0.6 is 11.6 Å². The zero-order valence-electron chi connectivity index (χ0n) is 11.4. The summed E-state index contributed by atoms with van der Waals surface area (Å²) in [5.41, 5.74) is 7.08. The van der Waals surface area contributed by atoms with E-state index in [1.807, 2.05) is 24.3 Å². The van der Waals surface area contributed by atoms with E-state index in [1.54, 1.807) is 11.0 Å². The van der Waals surface area contributed by atoms with E-state index in [9.17, 15) is 4.79 Å². The van der Waals surface area contributed by atoms with Crippen LogP contribution in [0, 0.1) is 0 Å². The van der Waals surface area contributed by atoms with Crippen LogP contribution in [-0.2, 0) is 0 Å². The van der Waals surface area contributed by atoms with Gasteiger partial charge < -0.3 is 15.5 Å². The van der Waals surface area contributed by atoms with E-state index >= 15 is 0 Å². The van der Waals surface area contributed by atoms with E-state index in [0.29, 0.717) is 24.6 Å². The van der Waals surface area contributed by atoms with Crippen molar-refractivity contribution in [3.8, 4) is 0 Å². The van der Waals surface area contributed by atoms with Crippen LogP contribution in [0.3, 0.4) is 0 Å². The molecule has 0 spiro atoms. The first kappa shape index (κ1) is 13.8. The summed E-state index contributed by atoms with van der Waals surface area (Å²) in [6.45, 7) is 2.91. The van der Waals surface area contributed by atoms with Crippen molar-refractivity contribution in [1.82, 2.24) is 15.1 Å². The molecule has 6 nitrogen and oxygen atoms in total. The number of amides is 1. The number of hydrogen-bond acceptors (Lipinski definition) is 4. The largest absolute Gasteiger partial charge is 0.382 e. The van der Waals surface area contributed by atoms with Gasteiger partial charge in [-0.2, -0.15) is 5.10 Å². The van der Waals surface area contributed by atoms with Gasteiger partial charge in [0.05, 0.1) is 0 Å². The van der Waals surface area contributed by atoms with Gasteiger partial charge >= 0.3 is 0 Å². The fraction of sp³-hybridized carbons (Fsp3) is 0.286. The quantitative estimate of drug-likeness (QED) is 0.883. The number of hydrogen-bond donors (Lipinski definition) is 2. The lowest BCUT2D eigenvalue weighted by molar-refractivity contribution is 0.0741. The molecule has 1 aromatic carbocycles. The van der Waals surface area contributed by atoms with Crippen LogP contribution in [0.4, 0.5) is 11.5 Å². The zero-order chi connectivity index (χ0) is 14.8. The van der Waals surface area contributed by atoms with Crippen molar-refractivity contribution in [2.75, 3.05) is 36.8 Å². The SMILES string of the molecule is Nc1cc(C(=O)N2CCN(c3ccc(Cl)cc3)CC2)[nH]n1. The number of rotatable bonds is 2. The summed E-state index contributed by atoms with van der Waals surface area (Å²) in [5.74, 6) is 0.271. The molecular formula is C14H16ClN5O. The van der Waals surface area contributed by atoms with Crippen molar-refractivity contribution >= 4 is 29.0 Å². The molecule has 0 saturated carbocycles. The van der Waals surface area contributed by atoms with Gasteiger partial charge in [0, 0.05) is 43.0 Å². The standard InChI is InChI=1S/C14H16ClN5O/c15-10-1-3-11(4-2-10)19-5-7-20(8-6-19)14(21)12-9-13(16)18-17-12/h1-4,9H,5-8H2,(H3,16,17,18). The first-order valence-electron chi connectivity index (χ1n) is 6.74. The maximum atomic E-state index is 12.3. The molecule has 0 bridgehead atoms. The van der Waals surface area contributed by atoms with E-state index in [2.05, 4.69) is 15.1 Å². The molecular weight excluding hydrogens is 290 g/mol. The average molecular weight is 306 g/mol. The summed E-state index contributed by atoms with van der Waals surface area (Å²) >= 11 is 5.89. The van der Waals surface area contributed by atoms with Crippen LogP contribution < -0.4 is 10.6 Å². The number of H-pyrrole nitrogens is 1. The Morgan fingerprint density at radius 1 is 1.19 bits per heavy atom. The average Bonchev–Trinajstić information content (AvgIpc) is 2.94. The molecule has 0 aliphatic carbocycles. The first-order chi connectivity index (χ1) is 10.1. The van der Waals surface area contributed by atoms with Crippen LogP contribution in [-0.4, -0.2) is 47.2 Å². The molecule has 3 N–H and O–H groups in total. The van der Waals surface area contributed by atoms with Crippen molar-refractivity contribution in [2.45, 2.75) is 0 Å². The van der Waals surface area contributed by atoms with Gasteiger partial charge in [-0.15, -0.1) is 0 Å². The van der Waals surface area contributed by atoms with E-state index in [-0.39, 0.29) is 5.91 Å². The molecule has 21 heavy (non-hydrogen) atoms. The monoisotopic (exact) mass is 305 g/mol. The minimum absolute atomic E-state index is 0.0602.